The van der Waals surface area contributed by atoms with Crippen molar-refractivity contribution >= 4 is 16.8 Å². The number of aliphatic imine (C=N–C) groups is 1. The molecule has 1 atom stereocenters. The molecule has 2 aromatic carbocycles. The van der Waals surface area contributed by atoms with Crippen LogP contribution in [0.4, 0.5) is 8.78 Å². The second-order valence-electron chi connectivity index (χ2n) is 5.98. The first kappa shape index (κ1) is 21.8. The van der Waals surface area contributed by atoms with Gasteiger partial charge in [-0.05, 0) is 36.8 Å². The Labute approximate surface area is 166 Å². The normalized spacial score (nSPS) is 12.7. The van der Waals surface area contributed by atoms with Crippen LogP contribution in [0.25, 0.3) is 0 Å². The van der Waals surface area contributed by atoms with Gasteiger partial charge in [0.1, 0.15) is 5.75 Å². The van der Waals surface area contributed by atoms with Crippen LogP contribution >= 0.6 is 0 Å². The van der Waals surface area contributed by atoms with Gasteiger partial charge in [0.2, 0.25) is 0 Å². The number of nitrogens with zero attached hydrogens (tertiary/aromatic N) is 2. The maximum atomic E-state index is 12.3. The highest BCUT2D eigenvalue weighted by Gasteiger charge is 2.09. The maximum absolute atomic E-state index is 12.3. The van der Waals surface area contributed by atoms with E-state index in [1.165, 1.54) is 12.1 Å². The number of hydrogen-bond donors (Lipinski definition) is 1. The SMILES string of the molecule is CCNC(=NCCS(=O)c1ccccc1)N(C)Cc1ccc(OC(F)F)cc1. The minimum Gasteiger partial charge on any atom is -0.435 e. The van der Waals surface area contributed by atoms with Gasteiger partial charge in [-0.15, -0.1) is 0 Å². The van der Waals surface area contributed by atoms with E-state index in [9.17, 15) is 13.0 Å². The van der Waals surface area contributed by atoms with Crippen molar-refractivity contribution in [3.8, 4) is 5.75 Å². The number of ether oxygens (including phenoxy) is 1. The number of hydrogen-bond acceptors (Lipinski definition) is 3. The molecule has 152 valence electrons. The summed E-state index contributed by atoms with van der Waals surface area (Å²) in [4.78, 5) is 7.27. The molecule has 1 N–H and O–H groups in total. The zero-order chi connectivity index (χ0) is 20.4. The number of nitrogens with one attached hydrogen (secondary N) is 1. The van der Waals surface area contributed by atoms with Gasteiger partial charge in [0.05, 0.1) is 17.3 Å². The standard InChI is InChI=1S/C20H25F2N3O2S/c1-3-23-20(24-13-14-28(26)18-7-5-4-6-8-18)25(2)15-16-9-11-17(12-10-16)27-19(21)22/h4-12,19H,3,13-15H2,1-2H3,(H,23,24). The minimum atomic E-state index is -2.83. The number of rotatable bonds is 9. The topological polar surface area (TPSA) is 53.9 Å². The lowest BCUT2D eigenvalue weighted by atomic mass is 10.2. The van der Waals surface area contributed by atoms with E-state index in [-0.39, 0.29) is 5.75 Å². The van der Waals surface area contributed by atoms with E-state index in [0.29, 0.717) is 31.3 Å². The predicted molar refractivity (Wildman–Crippen MR) is 108 cm³/mol. The lowest BCUT2D eigenvalue weighted by Gasteiger charge is -2.22. The van der Waals surface area contributed by atoms with Crippen LogP contribution in [0.1, 0.15) is 12.5 Å². The molecule has 2 aromatic rings. The van der Waals surface area contributed by atoms with Gasteiger partial charge in [0, 0.05) is 30.8 Å². The maximum Gasteiger partial charge on any atom is 0.387 e. The molecule has 28 heavy (non-hydrogen) atoms. The molecule has 0 radical (unpaired) electrons. The highest BCUT2D eigenvalue weighted by Crippen LogP contribution is 2.15. The van der Waals surface area contributed by atoms with E-state index in [1.807, 2.05) is 49.2 Å². The van der Waals surface area contributed by atoms with E-state index in [2.05, 4.69) is 15.0 Å². The van der Waals surface area contributed by atoms with E-state index in [1.54, 1.807) is 12.1 Å². The molecular weight excluding hydrogens is 384 g/mol. The second-order valence-corrected chi connectivity index (χ2v) is 7.55. The molecule has 0 aliphatic carbocycles. The summed E-state index contributed by atoms with van der Waals surface area (Å²) in [5.74, 6) is 1.26. The third-order valence-electron chi connectivity index (χ3n) is 3.81. The van der Waals surface area contributed by atoms with Gasteiger partial charge in [0.15, 0.2) is 5.96 Å². The lowest BCUT2D eigenvalue weighted by Crippen LogP contribution is -2.38. The molecule has 2 rings (SSSR count). The average molecular weight is 410 g/mol. The van der Waals surface area contributed by atoms with Gasteiger partial charge < -0.3 is 15.0 Å². The van der Waals surface area contributed by atoms with Crippen LogP contribution in [0.2, 0.25) is 0 Å². The summed E-state index contributed by atoms with van der Waals surface area (Å²) >= 11 is 0. The summed E-state index contributed by atoms with van der Waals surface area (Å²) in [5, 5.41) is 3.21. The smallest absolute Gasteiger partial charge is 0.387 e. The molecule has 5 nitrogen and oxygen atoms in total. The van der Waals surface area contributed by atoms with Crippen molar-refractivity contribution in [3.63, 3.8) is 0 Å². The Morgan fingerprint density at radius 3 is 2.46 bits per heavy atom. The first-order chi connectivity index (χ1) is 13.5. The van der Waals surface area contributed by atoms with Crippen LogP contribution in [0, 0.1) is 0 Å². The summed E-state index contributed by atoms with van der Waals surface area (Å²) in [7, 11) is 0.797. The van der Waals surface area contributed by atoms with Gasteiger partial charge in [-0.1, -0.05) is 30.3 Å². The molecule has 8 heteroatoms. The monoisotopic (exact) mass is 409 g/mol. The second kappa shape index (κ2) is 11.4. The summed E-state index contributed by atoms with van der Waals surface area (Å²) in [5.41, 5.74) is 0.933. The Morgan fingerprint density at radius 1 is 1.18 bits per heavy atom. The molecule has 0 aliphatic rings. The fourth-order valence-corrected chi connectivity index (χ4v) is 3.47. The Morgan fingerprint density at radius 2 is 1.86 bits per heavy atom. The van der Waals surface area contributed by atoms with Crippen molar-refractivity contribution in [2.75, 3.05) is 25.9 Å². The van der Waals surface area contributed by atoms with Gasteiger partial charge in [0.25, 0.3) is 0 Å². The fraction of sp³-hybridized carbons (Fsp3) is 0.350. The molecule has 0 bridgehead atoms. The molecular formula is C20H25F2N3O2S. The number of alkyl halides is 2. The number of guanidine groups is 1. The third-order valence-corrected chi connectivity index (χ3v) is 5.16. The van der Waals surface area contributed by atoms with Crippen molar-refractivity contribution in [1.82, 2.24) is 10.2 Å². The van der Waals surface area contributed by atoms with Crippen molar-refractivity contribution in [1.29, 1.82) is 0 Å². The molecule has 0 aromatic heterocycles. The number of benzene rings is 2. The quantitative estimate of drug-likeness (QED) is 0.509. The van der Waals surface area contributed by atoms with Crippen LogP contribution in [-0.4, -0.2) is 47.6 Å². The van der Waals surface area contributed by atoms with Crippen LogP contribution in [0.3, 0.4) is 0 Å². The van der Waals surface area contributed by atoms with E-state index < -0.39 is 17.4 Å². The van der Waals surface area contributed by atoms with Gasteiger partial charge in [-0.25, -0.2) is 0 Å². The molecule has 0 saturated heterocycles. The van der Waals surface area contributed by atoms with E-state index in [0.717, 1.165) is 10.5 Å². The third kappa shape index (κ3) is 7.26. The molecule has 0 heterocycles. The predicted octanol–water partition coefficient (Wildman–Crippen LogP) is 3.49. The number of halogens is 2. The summed E-state index contributed by atoms with van der Waals surface area (Å²) < 4.78 is 41.1. The Hall–Kier alpha value is -2.48. The zero-order valence-electron chi connectivity index (χ0n) is 16.0. The van der Waals surface area contributed by atoms with Crippen LogP contribution < -0.4 is 10.1 Å². The van der Waals surface area contributed by atoms with Crippen molar-refractivity contribution in [2.45, 2.75) is 25.0 Å². The molecule has 0 spiro atoms. The highest BCUT2D eigenvalue weighted by molar-refractivity contribution is 7.85. The summed E-state index contributed by atoms with van der Waals surface area (Å²) in [6, 6.07) is 15.8. The van der Waals surface area contributed by atoms with Crippen LogP contribution in [0.5, 0.6) is 5.75 Å². The largest absolute Gasteiger partial charge is 0.435 e. The molecule has 0 amide bonds. The Balaban J connectivity index is 1.93. The summed E-state index contributed by atoms with van der Waals surface area (Å²) in [6.45, 7) is 0.814. The minimum absolute atomic E-state index is 0.130. The van der Waals surface area contributed by atoms with Gasteiger partial charge in [-0.3, -0.25) is 9.20 Å². The van der Waals surface area contributed by atoms with Crippen molar-refractivity contribution in [3.05, 3.63) is 60.2 Å². The fourth-order valence-electron chi connectivity index (χ4n) is 2.52. The van der Waals surface area contributed by atoms with Crippen LogP contribution in [0.15, 0.2) is 64.5 Å². The Bertz CT molecular complexity index is 771. The first-order valence-electron chi connectivity index (χ1n) is 8.96. The molecule has 0 saturated carbocycles. The van der Waals surface area contributed by atoms with E-state index in [4.69, 9.17) is 0 Å². The molecule has 0 fully saturated rings. The van der Waals surface area contributed by atoms with Crippen molar-refractivity contribution < 1.29 is 17.7 Å². The zero-order valence-corrected chi connectivity index (χ0v) is 16.8. The first-order valence-corrected chi connectivity index (χ1v) is 10.3. The summed E-state index contributed by atoms with van der Waals surface area (Å²) in [6.07, 6.45) is 0. The average Bonchev–Trinajstić information content (AvgIpc) is 2.69. The highest BCUT2D eigenvalue weighted by atomic mass is 32.2. The van der Waals surface area contributed by atoms with E-state index >= 15 is 0 Å². The Kier molecular flexibility index (Phi) is 8.87. The molecule has 0 aliphatic heterocycles. The van der Waals surface area contributed by atoms with Crippen molar-refractivity contribution in [2.24, 2.45) is 4.99 Å². The van der Waals surface area contributed by atoms with Gasteiger partial charge in [-0.2, -0.15) is 8.78 Å². The molecule has 1 unspecified atom stereocenters. The van der Waals surface area contributed by atoms with Crippen LogP contribution in [-0.2, 0) is 17.3 Å². The lowest BCUT2D eigenvalue weighted by molar-refractivity contribution is -0.0498. The van der Waals surface area contributed by atoms with Gasteiger partial charge >= 0.3 is 6.61 Å².